The summed E-state index contributed by atoms with van der Waals surface area (Å²) in [6, 6.07) is 3.85. The van der Waals surface area contributed by atoms with Crippen molar-refractivity contribution in [2.45, 2.75) is 13.0 Å². The molecule has 9 heteroatoms. The molecule has 1 heterocycles. The van der Waals surface area contributed by atoms with E-state index in [1.807, 2.05) is 0 Å². The van der Waals surface area contributed by atoms with Crippen LogP contribution >= 0.6 is 0 Å². The molecule has 0 aromatic heterocycles. The van der Waals surface area contributed by atoms with Crippen LogP contribution in [0.3, 0.4) is 0 Å². The molecule has 118 valence electrons. The van der Waals surface area contributed by atoms with Crippen molar-refractivity contribution < 1.29 is 23.9 Å². The Bertz CT molecular complexity index is 634. The van der Waals surface area contributed by atoms with E-state index in [1.54, 1.807) is 0 Å². The summed E-state index contributed by atoms with van der Waals surface area (Å²) >= 11 is 0. The van der Waals surface area contributed by atoms with Gasteiger partial charge in [0.2, 0.25) is 5.91 Å². The van der Waals surface area contributed by atoms with Crippen LogP contribution < -0.4 is 16.0 Å². The number of benzene rings is 1. The second-order valence-corrected chi connectivity index (χ2v) is 4.70. The smallest absolute Gasteiger partial charge is 0.414 e. The van der Waals surface area contributed by atoms with Gasteiger partial charge in [-0.25, -0.2) is 9.18 Å². The predicted octanol–water partition coefficient (Wildman–Crippen LogP) is 0.382. The number of ether oxygens (including phenoxy) is 1. The van der Waals surface area contributed by atoms with E-state index in [4.69, 9.17) is 15.7 Å². The standard InChI is InChI=1S/C13H15FN4O4/c1-7(19)16-5-9-6-18(13(20)22-9)8-2-3-10(11(14)4-8)12(15)17-21/h2-4,9,21H,5-6H2,1H3,(H2,15,17)(H,16,19). The van der Waals surface area contributed by atoms with Gasteiger partial charge in [0.05, 0.1) is 24.3 Å². The van der Waals surface area contributed by atoms with Gasteiger partial charge in [-0.15, -0.1) is 0 Å². The third-order valence-corrected chi connectivity index (χ3v) is 3.10. The molecule has 1 aromatic rings. The van der Waals surface area contributed by atoms with Crippen molar-refractivity contribution in [1.29, 1.82) is 0 Å². The molecule has 1 unspecified atom stereocenters. The van der Waals surface area contributed by atoms with E-state index in [2.05, 4.69) is 10.5 Å². The fraction of sp³-hybridized carbons (Fsp3) is 0.308. The van der Waals surface area contributed by atoms with Crippen LogP contribution in [0.1, 0.15) is 12.5 Å². The normalized spacial score (nSPS) is 18.3. The van der Waals surface area contributed by atoms with Crippen LogP contribution in [0.2, 0.25) is 0 Å². The van der Waals surface area contributed by atoms with Gasteiger partial charge < -0.3 is 21.0 Å². The summed E-state index contributed by atoms with van der Waals surface area (Å²) in [6.07, 6.45) is -1.14. The summed E-state index contributed by atoms with van der Waals surface area (Å²) in [6.45, 7) is 1.72. The first-order valence-electron chi connectivity index (χ1n) is 6.42. The van der Waals surface area contributed by atoms with Gasteiger partial charge in [0.25, 0.3) is 0 Å². The zero-order valence-corrected chi connectivity index (χ0v) is 11.7. The molecule has 2 rings (SSSR count). The second-order valence-electron chi connectivity index (χ2n) is 4.70. The lowest BCUT2D eigenvalue weighted by Crippen LogP contribution is -2.33. The van der Waals surface area contributed by atoms with Crippen molar-refractivity contribution in [3.63, 3.8) is 0 Å². The van der Waals surface area contributed by atoms with Gasteiger partial charge in [-0.05, 0) is 18.2 Å². The van der Waals surface area contributed by atoms with Crippen molar-refractivity contribution in [2.24, 2.45) is 10.9 Å². The van der Waals surface area contributed by atoms with Gasteiger partial charge in [0, 0.05) is 6.92 Å². The Morgan fingerprint density at radius 1 is 1.64 bits per heavy atom. The van der Waals surface area contributed by atoms with E-state index in [0.29, 0.717) is 0 Å². The highest BCUT2D eigenvalue weighted by Crippen LogP contribution is 2.23. The number of halogens is 1. The van der Waals surface area contributed by atoms with E-state index in [9.17, 15) is 14.0 Å². The Balaban J connectivity index is 2.13. The van der Waals surface area contributed by atoms with Crippen LogP contribution in [0.4, 0.5) is 14.9 Å². The topological polar surface area (TPSA) is 117 Å². The van der Waals surface area contributed by atoms with E-state index in [0.717, 1.165) is 6.07 Å². The van der Waals surface area contributed by atoms with Gasteiger partial charge in [0.1, 0.15) is 11.9 Å². The number of amides is 2. The molecule has 1 aliphatic rings. The SMILES string of the molecule is CC(=O)NCC1CN(c2ccc(/C(N)=N\O)c(F)c2)C(=O)O1. The van der Waals surface area contributed by atoms with Gasteiger partial charge in [-0.3, -0.25) is 9.69 Å². The minimum atomic E-state index is -0.731. The minimum absolute atomic E-state index is 0.0754. The molecule has 1 atom stereocenters. The van der Waals surface area contributed by atoms with Crippen molar-refractivity contribution >= 4 is 23.5 Å². The number of nitrogens with zero attached hydrogens (tertiary/aromatic N) is 2. The number of hydrogen-bond donors (Lipinski definition) is 3. The molecule has 0 radical (unpaired) electrons. The number of amidine groups is 1. The van der Waals surface area contributed by atoms with Crippen LogP contribution in [-0.4, -0.2) is 42.2 Å². The number of carbonyl (C=O) groups excluding carboxylic acids is 2. The number of cyclic esters (lactones) is 1. The zero-order valence-electron chi connectivity index (χ0n) is 11.7. The molecule has 8 nitrogen and oxygen atoms in total. The van der Waals surface area contributed by atoms with Gasteiger partial charge in [-0.2, -0.15) is 0 Å². The third-order valence-electron chi connectivity index (χ3n) is 3.10. The lowest BCUT2D eigenvalue weighted by Gasteiger charge is -2.14. The van der Waals surface area contributed by atoms with Crippen LogP contribution in [0.25, 0.3) is 0 Å². The number of nitrogens with one attached hydrogen (secondary N) is 1. The Morgan fingerprint density at radius 2 is 2.36 bits per heavy atom. The summed E-state index contributed by atoms with van der Waals surface area (Å²) in [7, 11) is 0. The summed E-state index contributed by atoms with van der Waals surface area (Å²) in [4.78, 5) is 23.9. The first-order chi connectivity index (χ1) is 10.4. The Hall–Kier alpha value is -2.84. The van der Waals surface area contributed by atoms with Crippen LogP contribution in [0.5, 0.6) is 0 Å². The van der Waals surface area contributed by atoms with Crippen LogP contribution in [-0.2, 0) is 9.53 Å². The molecule has 1 saturated heterocycles. The quantitative estimate of drug-likeness (QED) is 0.322. The highest BCUT2D eigenvalue weighted by Gasteiger charge is 2.32. The minimum Gasteiger partial charge on any atom is -0.442 e. The number of anilines is 1. The molecular weight excluding hydrogens is 295 g/mol. The van der Waals surface area contributed by atoms with E-state index in [1.165, 1.54) is 24.0 Å². The zero-order chi connectivity index (χ0) is 16.3. The maximum atomic E-state index is 13.9. The van der Waals surface area contributed by atoms with Crippen molar-refractivity contribution in [1.82, 2.24) is 5.32 Å². The molecule has 0 saturated carbocycles. The monoisotopic (exact) mass is 310 g/mol. The predicted molar refractivity (Wildman–Crippen MR) is 75.2 cm³/mol. The average Bonchev–Trinajstić information content (AvgIpc) is 2.85. The molecule has 0 bridgehead atoms. The van der Waals surface area contributed by atoms with E-state index >= 15 is 0 Å². The number of nitrogens with two attached hydrogens (primary N) is 1. The van der Waals surface area contributed by atoms with Crippen LogP contribution in [0, 0.1) is 5.82 Å². The second kappa shape index (κ2) is 6.29. The first-order valence-corrected chi connectivity index (χ1v) is 6.42. The molecule has 22 heavy (non-hydrogen) atoms. The van der Waals surface area contributed by atoms with Gasteiger partial charge >= 0.3 is 6.09 Å². The lowest BCUT2D eigenvalue weighted by atomic mass is 10.1. The lowest BCUT2D eigenvalue weighted by molar-refractivity contribution is -0.119. The summed E-state index contributed by atoms with van der Waals surface area (Å²) < 4.78 is 19.0. The Kier molecular flexibility index (Phi) is 4.44. The van der Waals surface area contributed by atoms with E-state index < -0.39 is 18.0 Å². The fourth-order valence-electron chi connectivity index (χ4n) is 2.03. The highest BCUT2D eigenvalue weighted by molar-refractivity contribution is 5.98. The maximum absolute atomic E-state index is 13.9. The van der Waals surface area contributed by atoms with Crippen molar-refractivity contribution in [3.05, 3.63) is 29.6 Å². The molecule has 1 fully saturated rings. The van der Waals surface area contributed by atoms with Gasteiger partial charge in [0.15, 0.2) is 5.84 Å². The maximum Gasteiger partial charge on any atom is 0.414 e. The highest BCUT2D eigenvalue weighted by atomic mass is 19.1. The molecule has 1 aromatic carbocycles. The molecule has 2 amide bonds. The molecule has 4 N–H and O–H groups in total. The molecule has 1 aliphatic heterocycles. The number of rotatable bonds is 4. The molecular formula is C13H15FN4O4. The first kappa shape index (κ1) is 15.5. The summed E-state index contributed by atoms with van der Waals surface area (Å²) in [5.74, 6) is -1.33. The Morgan fingerprint density at radius 3 is 2.95 bits per heavy atom. The van der Waals surface area contributed by atoms with Crippen molar-refractivity contribution in [2.75, 3.05) is 18.0 Å². The van der Waals surface area contributed by atoms with E-state index in [-0.39, 0.29) is 36.1 Å². The molecule has 0 spiro atoms. The summed E-state index contributed by atoms with van der Waals surface area (Å²) in [5.41, 5.74) is 5.53. The number of carbonyl (C=O) groups is 2. The number of hydrogen-bond acceptors (Lipinski definition) is 5. The average molecular weight is 310 g/mol. The fourth-order valence-corrected chi connectivity index (χ4v) is 2.03. The number of oxime groups is 1. The largest absolute Gasteiger partial charge is 0.442 e. The van der Waals surface area contributed by atoms with Gasteiger partial charge in [-0.1, -0.05) is 5.16 Å². The van der Waals surface area contributed by atoms with Crippen LogP contribution in [0.15, 0.2) is 23.4 Å². The Labute approximate surface area is 125 Å². The third kappa shape index (κ3) is 3.25. The van der Waals surface area contributed by atoms with Crippen molar-refractivity contribution in [3.8, 4) is 0 Å². The summed E-state index contributed by atoms with van der Waals surface area (Å²) in [5, 5.41) is 13.8. The molecule has 0 aliphatic carbocycles.